The maximum atomic E-state index is 12.0. The summed E-state index contributed by atoms with van der Waals surface area (Å²) in [5.41, 5.74) is 5.92. The summed E-state index contributed by atoms with van der Waals surface area (Å²) in [4.78, 5) is 0. The van der Waals surface area contributed by atoms with Crippen LogP contribution in [-0.4, -0.2) is 9.78 Å². The quantitative estimate of drug-likeness (QED) is 0.730. The van der Waals surface area contributed by atoms with Gasteiger partial charge in [0.1, 0.15) is 0 Å². The molecule has 66 valence electrons. The van der Waals surface area contributed by atoms with E-state index in [0.717, 1.165) is 12.8 Å². The largest absolute Gasteiger partial charge is 0.333 e. The van der Waals surface area contributed by atoms with Crippen molar-refractivity contribution < 1.29 is 8.78 Å². The van der Waals surface area contributed by atoms with E-state index in [1.165, 1.54) is 6.20 Å². The first-order chi connectivity index (χ1) is 5.62. The second-order valence-corrected chi connectivity index (χ2v) is 3.11. The Kier molecular flexibility index (Phi) is 1.44. The van der Waals surface area contributed by atoms with Gasteiger partial charge >= 0.3 is 6.55 Å². The van der Waals surface area contributed by atoms with Crippen LogP contribution >= 0.6 is 0 Å². The van der Waals surface area contributed by atoms with Gasteiger partial charge in [-0.05, 0) is 18.9 Å². The normalized spacial score (nSPS) is 20.0. The Morgan fingerprint density at radius 3 is 2.67 bits per heavy atom. The Bertz CT molecular complexity index is 291. The van der Waals surface area contributed by atoms with Crippen LogP contribution in [0.1, 0.15) is 25.1 Å². The van der Waals surface area contributed by atoms with E-state index in [1.54, 1.807) is 6.07 Å². The second-order valence-electron chi connectivity index (χ2n) is 3.11. The third kappa shape index (κ3) is 1.10. The van der Waals surface area contributed by atoms with Gasteiger partial charge in [0.2, 0.25) is 0 Å². The summed E-state index contributed by atoms with van der Waals surface area (Å²) in [5.74, 6) is 0. The van der Waals surface area contributed by atoms with Crippen molar-refractivity contribution in [3.8, 4) is 0 Å². The van der Waals surface area contributed by atoms with Gasteiger partial charge in [0, 0.05) is 6.20 Å². The molecule has 1 aromatic heterocycles. The molecular formula is C7H9F2N3. The molecule has 2 rings (SSSR count). The SMILES string of the molecule is NC1(c2ccn(C(F)F)n2)CC1. The minimum Gasteiger partial charge on any atom is -0.320 e. The van der Waals surface area contributed by atoms with Gasteiger partial charge in [0.25, 0.3) is 0 Å². The number of nitrogens with zero attached hydrogens (tertiary/aromatic N) is 2. The van der Waals surface area contributed by atoms with Gasteiger partial charge in [-0.15, -0.1) is 0 Å². The van der Waals surface area contributed by atoms with Gasteiger partial charge in [-0.2, -0.15) is 13.9 Å². The first-order valence-corrected chi connectivity index (χ1v) is 3.74. The fourth-order valence-corrected chi connectivity index (χ4v) is 1.10. The van der Waals surface area contributed by atoms with Gasteiger partial charge in [-0.1, -0.05) is 0 Å². The lowest BCUT2D eigenvalue weighted by Gasteiger charge is -2.02. The average molecular weight is 173 g/mol. The smallest absolute Gasteiger partial charge is 0.320 e. The standard InChI is InChI=1S/C7H9F2N3/c8-6(9)12-4-1-5(11-12)7(10)2-3-7/h1,4,6H,2-3,10H2. The molecule has 1 aliphatic rings. The van der Waals surface area contributed by atoms with Crippen LogP contribution in [0.3, 0.4) is 0 Å². The second kappa shape index (κ2) is 2.26. The van der Waals surface area contributed by atoms with Crippen molar-refractivity contribution in [3.05, 3.63) is 18.0 Å². The minimum absolute atomic E-state index is 0.417. The van der Waals surface area contributed by atoms with Gasteiger partial charge in [-0.25, -0.2) is 4.68 Å². The maximum Gasteiger partial charge on any atom is 0.333 e. The van der Waals surface area contributed by atoms with Crippen LogP contribution in [0.4, 0.5) is 8.78 Å². The predicted molar refractivity (Wildman–Crippen MR) is 38.6 cm³/mol. The minimum atomic E-state index is -2.57. The fraction of sp³-hybridized carbons (Fsp3) is 0.571. The molecule has 0 saturated heterocycles. The van der Waals surface area contributed by atoms with E-state index in [0.29, 0.717) is 10.4 Å². The molecule has 0 amide bonds. The number of halogens is 2. The Morgan fingerprint density at radius 2 is 2.25 bits per heavy atom. The molecule has 0 aliphatic heterocycles. The van der Waals surface area contributed by atoms with Crippen LogP contribution in [-0.2, 0) is 5.54 Å². The molecule has 1 saturated carbocycles. The molecule has 1 aliphatic carbocycles. The lowest BCUT2D eigenvalue weighted by Crippen LogP contribution is -2.19. The summed E-state index contributed by atoms with van der Waals surface area (Å²) >= 11 is 0. The summed E-state index contributed by atoms with van der Waals surface area (Å²) in [6, 6.07) is 1.55. The fourth-order valence-electron chi connectivity index (χ4n) is 1.10. The molecule has 1 fully saturated rings. The highest BCUT2D eigenvalue weighted by atomic mass is 19.3. The molecule has 1 aromatic rings. The lowest BCUT2D eigenvalue weighted by atomic mass is 10.2. The molecule has 0 atom stereocenters. The summed E-state index contributed by atoms with van der Waals surface area (Å²) in [6.45, 7) is -2.57. The summed E-state index contributed by atoms with van der Waals surface area (Å²) in [5, 5.41) is 3.69. The third-order valence-corrected chi connectivity index (χ3v) is 2.11. The van der Waals surface area contributed by atoms with Crippen LogP contribution < -0.4 is 5.73 Å². The zero-order chi connectivity index (χ0) is 8.77. The molecule has 2 N–H and O–H groups in total. The molecule has 12 heavy (non-hydrogen) atoms. The van der Waals surface area contributed by atoms with E-state index in [2.05, 4.69) is 5.10 Å². The predicted octanol–water partition coefficient (Wildman–Crippen LogP) is 1.23. The topological polar surface area (TPSA) is 43.8 Å². The van der Waals surface area contributed by atoms with Crippen LogP contribution in [0.15, 0.2) is 12.3 Å². The number of hydrogen-bond acceptors (Lipinski definition) is 2. The summed E-state index contributed by atoms with van der Waals surface area (Å²) < 4.78 is 24.7. The number of alkyl halides is 2. The van der Waals surface area contributed by atoms with E-state index in [4.69, 9.17) is 5.73 Å². The van der Waals surface area contributed by atoms with Gasteiger partial charge in [0.05, 0.1) is 11.2 Å². The van der Waals surface area contributed by atoms with E-state index >= 15 is 0 Å². The Balaban J connectivity index is 2.25. The Morgan fingerprint density at radius 1 is 1.58 bits per heavy atom. The molecule has 0 spiro atoms. The van der Waals surface area contributed by atoms with Crippen molar-refractivity contribution in [3.63, 3.8) is 0 Å². The van der Waals surface area contributed by atoms with Crippen molar-refractivity contribution >= 4 is 0 Å². The molecular weight excluding hydrogens is 164 g/mol. The van der Waals surface area contributed by atoms with Crippen molar-refractivity contribution in [2.45, 2.75) is 24.9 Å². The van der Waals surface area contributed by atoms with Crippen molar-refractivity contribution in [1.82, 2.24) is 9.78 Å². The van der Waals surface area contributed by atoms with Gasteiger partial charge in [-0.3, -0.25) is 0 Å². The van der Waals surface area contributed by atoms with Crippen LogP contribution in [0.2, 0.25) is 0 Å². The zero-order valence-corrected chi connectivity index (χ0v) is 6.37. The molecule has 3 nitrogen and oxygen atoms in total. The van der Waals surface area contributed by atoms with E-state index in [9.17, 15) is 8.78 Å². The van der Waals surface area contributed by atoms with Crippen LogP contribution in [0, 0.1) is 0 Å². The van der Waals surface area contributed by atoms with Crippen molar-refractivity contribution in [1.29, 1.82) is 0 Å². The van der Waals surface area contributed by atoms with E-state index in [-0.39, 0.29) is 0 Å². The van der Waals surface area contributed by atoms with E-state index in [1.807, 2.05) is 0 Å². The van der Waals surface area contributed by atoms with Crippen LogP contribution in [0.25, 0.3) is 0 Å². The average Bonchev–Trinajstić information content (AvgIpc) is 2.61. The number of nitrogens with two attached hydrogens (primary N) is 1. The monoisotopic (exact) mass is 173 g/mol. The van der Waals surface area contributed by atoms with Crippen LogP contribution in [0.5, 0.6) is 0 Å². The number of rotatable bonds is 2. The zero-order valence-electron chi connectivity index (χ0n) is 6.37. The Hall–Kier alpha value is -0.970. The maximum absolute atomic E-state index is 12.0. The number of hydrogen-bond donors (Lipinski definition) is 1. The Labute approximate surface area is 68.2 Å². The summed E-state index contributed by atoms with van der Waals surface area (Å²) in [7, 11) is 0. The first-order valence-electron chi connectivity index (χ1n) is 3.74. The molecule has 0 unspecified atom stereocenters. The molecule has 0 aromatic carbocycles. The number of aromatic nitrogens is 2. The van der Waals surface area contributed by atoms with Crippen molar-refractivity contribution in [2.24, 2.45) is 5.73 Å². The highest BCUT2D eigenvalue weighted by Gasteiger charge is 2.42. The summed E-state index contributed by atoms with van der Waals surface area (Å²) in [6.07, 6.45) is 2.94. The first kappa shape index (κ1) is 7.67. The van der Waals surface area contributed by atoms with E-state index < -0.39 is 12.1 Å². The van der Waals surface area contributed by atoms with Gasteiger partial charge in [0.15, 0.2) is 0 Å². The molecule has 0 radical (unpaired) electrons. The third-order valence-electron chi connectivity index (χ3n) is 2.11. The molecule has 0 bridgehead atoms. The highest BCUT2D eigenvalue weighted by molar-refractivity contribution is 5.20. The van der Waals surface area contributed by atoms with Crippen molar-refractivity contribution in [2.75, 3.05) is 0 Å². The van der Waals surface area contributed by atoms with Gasteiger partial charge < -0.3 is 5.73 Å². The molecule has 1 heterocycles. The lowest BCUT2D eigenvalue weighted by molar-refractivity contribution is 0.0560. The molecule has 5 heteroatoms. The highest BCUT2D eigenvalue weighted by Crippen LogP contribution is 2.41.